The van der Waals surface area contributed by atoms with Crippen molar-refractivity contribution < 1.29 is 17.5 Å². The van der Waals surface area contributed by atoms with E-state index in [1.165, 1.54) is 15.2 Å². The molecule has 0 saturated carbocycles. The molecule has 2 aromatic rings. The molecule has 0 bridgehead atoms. The molecule has 0 amide bonds. The molecular weight excluding hydrogens is 350 g/mol. The van der Waals surface area contributed by atoms with Gasteiger partial charge in [-0.05, 0) is 36.1 Å². The second-order valence-corrected chi connectivity index (χ2v) is 8.94. The number of hydrogen-bond donors (Lipinski definition) is 1. The van der Waals surface area contributed by atoms with Crippen LogP contribution in [0, 0.1) is 6.92 Å². The number of fused-ring (bicyclic) bond motifs is 1. The summed E-state index contributed by atoms with van der Waals surface area (Å²) in [6.07, 6.45) is 5.61. The molecule has 23 heavy (non-hydrogen) atoms. The average Bonchev–Trinajstić information content (AvgIpc) is 2.81. The maximum Gasteiger partial charge on any atom is 0.265 e. The van der Waals surface area contributed by atoms with Gasteiger partial charge in [-0.2, -0.15) is 13.0 Å². The van der Waals surface area contributed by atoms with Crippen molar-refractivity contribution in [3.05, 3.63) is 33.7 Å². The number of aryl methyl sites for hydroxylation is 2. The summed E-state index contributed by atoms with van der Waals surface area (Å²) in [4.78, 5) is 1.29. The molecule has 1 N–H and O–H groups in total. The maximum atomic E-state index is 11.0. The number of rotatable bonds is 7. The van der Waals surface area contributed by atoms with Crippen molar-refractivity contribution in [2.45, 2.75) is 33.2 Å². The van der Waals surface area contributed by atoms with Crippen molar-refractivity contribution in [3.63, 3.8) is 0 Å². The van der Waals surface area contributed by atoms with Crippen molar-refractivity contribution in [3.8, 4) is 0 Å². The number of aromatic nitrogens is 1. The summed E-state index contributed by atoms with van der Waals surface area (Å²) in [6.45, 7) is 4.75. The molecule has 0 radical (unpaired) electrons. The van der Waals surface area contributed by atoms with Gasteiger partial charge in [-0.1, -0.05) is 24.3 Å². The third kappa shape index (κ3) is 5.04. The standard InChI is InChI=1S/C16H21NO3S3/c1-4-13(21-3)11-16-17(8-5-9-23(18,19)20)14-10-12(2)6-7-15(14)22-16/h6-7,10-11H,4-5,8-9H2,1-3H3/p+1/b13-11-. The molecule has 0 spiro atoms. The van der Waals surface area contributed by atoms with Gasteiger partial charge in [0.05, 0.1) is 5.75 Å². The van der Waals surface area contributed by atoms with E-state index in [0.717, 1.165) is 16.9 Å². The summed E-state index contributed by atoms with van der Waals surface area (Å²) in [5.41, 5.74) is 2.29. The topological polar surface area (TPSA) is 58.2 Å². The molecule has 1 aromatic heterocycles. The van der Waals surface area contributed by atoms with Crippen LogP contribution >= 0.6 is 23.1 Å². The summed E-state index contributed by atoms with van der Waals surface area (Å²) in [7, 11) is -3.91. The van der Waals surface area contributed by atoms with E-state index in [0.29, 0.717) is 13.0 Å². The molecule has 126 valence electrons. The van der Waals surface area contributed by atoms with Crippen LogP contribution in [0.4, 0.5) is 0 Å². The molecule has 0 aliphatic carbocycles. The molecule has 0 unspecified atom stereocenters. The number of thioether (sulfide) groups is 1. The van der Waals surface area contributed by atoms with Gasteiger partial charge in [0, 0.05) is 18.6 Å². The minimum Gasteiger partial charge on any atom is -0.286 e. The van der Waals surface area contributed by atoms with E-state index in [1.807, 2.05) is 0 Å². The lowest BCUT2D eigenvalue weighted by Crippen LogP contribution is -2.36. The highest BCUT2D eigenvalue weighted by molar-refractivity contribution is 8.02. The smallest absolute Gasteiger partial charge is 0.265 e. The van der Waals surface area contributed by atoms with Crippen LogP contribution in [-0.4, -0.2) is 25.0 Å². The lowest BCUT2D eigenvalue weighted by atomic mass is 10.2. The van der Waals surface area contributed by atoms with Gasteiger partial charge in [-0.15, -0.1) is 11.8 Å². The minimum absolute atomic E-state index is 0.213. The first-order valence-electron chi connectivity index (χ1n) is 7.46. The fraction of sp³-hybridized carbons (Fsp3) is 0.438. The predicted molar refractivity (Wildman–Crippen MR) is 99.6 cm³/mol. The van der Waals surface area contributed by atoms with Crippen LogP contribution in [0.2, 0.25) is 0 Å². The van der Waals surface area contributed by atoms with Gasteiger partial charge in [-0.25, -0.2) is 0 Å². The first-order chi connectivity index (χ1) is 10.8. The second kappa shape index (κ2) is 7.79. The highest BCUT2D eigenvalue weighted by atomic mass is 32.2. The van der Waals surface area contributed by atoms with Crippen LogP contribution in [0.15, 0.2) is 23.1 Å². The molecule has 0 fully saturated rings. The number of benzene rings is 1. The predicted octanol–water partition coefficient (Wildman–Crippen LogP) is 3.89. The lowest BCUT2D eigenvalue weighted by Gasteiger charge is -2.00. The summed E-state index contributed by atoms with van der Waals surface area (Å²) in [5.74, 6) is -0.213. The van der Waals surface area contributed by atoms with Gasteiger partial charge in [0.15, 0.2) is 6.54 Å². The van der Waals surface area contributed by atoms with Crippen molar-refractivity contribution in [2.75, 3.05) is 12.0 Å². The fourth-order valence-corrected chi connectivity index (χ4v) is 4.62. The van der Waals surface area contributed by atoms with Gasteiger partial charge in [0.25, 0.3) is 15.1 Å². The van der Waals surface area contributed by atoms with E-state index < -0.39 is 10.1 Å². The third-order valence-electron chi connectivity index (χ3n) is 3.56. The Bertz CT molecular complexity index is 816. The van der Waals surface area contributed by atoms with Crippen LogP contribution in [0.3, 0.4) is 0 Å². The molecule has 0 saturated heterocycles. The van der Waals surface area contributed by atoms with Crippen molar-refractivity contribution in [1.82, 2.24) is 0 Å². The first-order valence-corrected chi connectivity index (χ1v) is 11.1. The van der Waals surface area contributed by atoms with Gasteiger partial charge < -0.3 is 0 Å². The van der Waals surface area contributed by atoms with E-state index in [1.54, 1.807) is 23.1 Å². The molecule has 0 aliphatic heterocycles. The zero-order valence-electron chi connectivity index (χ0n) is 13.6. The van der Waals surface area contributed by atoms with E-state index in [4.69, 9.17) is 4.55 Å². The molecule has 0 aliphatic rings. The monoisotopic (exact) mass is 372 g/mol. The van der Waals surface area contributed by atoms with Crippen molar-refractivity contribution in [1.29, 1.82) is 0 Å². The Morgan fingerprint density at radius 3 is 2.78 bits per heavy atom. The fourth-order valence-electron chi connectivity index (χ4n) is 2.40. The highest BCUT2D eigenvalue weighted by Crippen LogP contribution is 2.26. The van der Waals surface area contributed by atoms with Crippen molar-refractivity contribution in [2.24, 2.45) is 0 Å². The Labute approximate surface area is 146 Å². The van der Waals surface area contributed by atoms with Crippen LogP contribution in [0.5, 0.6) is 0 Å². The van der Waals surface area contributed by atoms with Gasteiger partial charge in [-0.3, -0.25) is 4.55 Å². The molecule has 1 aromatic carbocycles. The number of hydrogen-bond acceptors (Lipinski definition) is 4. The Kier molecular flexibility index (Phi) is 6.25. The SMILES string of the molecule is CC/C(=C/c1sc2ccc(C)cc2[n+]1CCCS(=O)(=O)O)SC. The van der Waals surface area contributed by atoms with Crippen molar-refractivity contribution >= 4 is 49.5 Å². The minimum atomic E-state index is -3.91. The summed E-state index contributed by atoms with van der Waals surface area (Å²) < 4.78 is 34.2. The maximum absolute atomic E-state index is 11.0. The first kappa shape index (κ1) is 18.4. The number of allylic oxidation sites excluding steroid dienone is 1. The number of thiazole rings is 1. The van der Waals surface area contributed by atoms with Crippen LogP contribution < -0.4 is 4.57 Å². The molecular formula is C16H22NO3S3+. The zero-order chi connectivity index (χ0) is 17.0. The van der Waals surface area contributed by atoms with Gasteiger partial charge >= 0.3 is 0 Å². The van der Waals surface area contributed by atoms with Gasteiger partial charge in [0.2, 0.25) is 5.52 Å². The Balaban J connectivity index is 2.44. The molecule has 7 heteroatoms. The van der Waals surface area contributed by atoms with Gasteiger partial charge in [0.1, 0.15) is 4.70 Å². The molecule has 0 atom stereocenters. The third-order valence-corrected chi connectivity index (χ3v) is 6.41. The zero-order valence-corrected chi connectivity index (χ0v) is 16.0. The highest BCUT2D eigenvalue weighted by Gasteiger charge is 2.20. The summed E-state index contributed by atoms with van der Waals surface area (Å²) in [5, 5.41) is 1.12. The Morgan fingerprint density at radius 2 is 2.17 bits per heavy atom. The quantitative estimate of drug-likeness (QED) is 0.592. The van der Waals surface area contributed by atoms with E-state index in [-0.39, 0.29) is 5.75 Å². The Morgan fingerprint density at radius 1 is 1.43 bits per heavy atom. The van der Waals surface area contributed by atoms with E-state index in [9.17, 15) is 8.42 Å². The average molecular weight is 373 g/mol. The Hall–Kier alpha value is -0.890. The summed E-state index contributed by atoms with van der Waals surface area (Å²) >= 11 is 3.44. The summed E-state index contributed by atoms with van der Waals surface area (Å²) in [6, 6.07) is 6.32. The van der Waals surface area contributed by atoms with E-state index >= 15 is 0 Å². The van der Waals surface area contributed by atoms with Crippen LogP contribution in [0.1, 0.15) is 30.3 Å². The largest absolute Gasteiger partial charge is 0.286 e. The molecule has 1 heterocycles. The van der Waals surface area contributed by atoms with Crippen LogP contribution in [0.25, 0.3) is 16.3 Å². The normalized spacial score (nSPS) is 13.0. The molecule has 2 rings (SSSR count). The lowest BCUT2D eigenvalue weighted by molar-refractivity contribution is -0.668. The number of nitrogens with zero attached hydrogens (tertiary/aromatic N) is 1. The van der Waals surface area contributed by atoms with E-state index in [2.05, 4.69) is 48.9 Å². The van der Waals surface area contributed by atoms with Crippen LogP contribution in [-0.2, 0) is 16.7 Å². The second-order valence-electron chi connectivity index (χ2n) is 5.37. The molecule has 4 nitrogen and oxygen atoms in total.